The fourth-order valence-electron chi connectivity index (χ4n) is 3.88. The molecule has 0 saturated heterocycles. The van der Waals surface area contributed by atoms with E-state index in [4.69, 9.17) is 5.10 Å². The molecule has 0 bridgehead atoms. The van der Waals surface area contributed by atoms with Crippen LogP contribution in [0.4, 0.5) is 0 Å². The van der Waals surface area contributed by atoms with E-state index in [2.05, 4.69) is 62.9 Å². The summed E-state index contributed by atoms with van der Waals surface area (Å²) in [6, 6.07) is 10.5. The van der Waals surface area contributed by atoms with Crippen molar-refractivity contribution in [2.24, 2.45) is 0 Å². The van der Waals surface area contributed by atoms with E-state index in [1.807, 2.05) is 6.07 Å². The third-order valence-corrected chi connectivity index (χ3v) is 5.48. The molecule has 4 rings (SSSR count). The zero-order chi connectivity index (χ0) is 18.6. The molecule has 1 aliphatic rings. The highest BCUT2D eigenvalue weighted by molar-refractivity contribution is 5.26. The van der Waals surface area contributed by atoms with Crippen molar-refractivity contribution >= 4 is 0 Å². The number of nitrogens with one attached hydrogen (secondary N) is 1. The maximum absolute atomic E-state index is 4.75. The van der Waals surface area contributed by atoms with E-state index < -0.39 is 0 Å². The Balaban J connectivity index is 1.41. The zero-order valence-electron chi connectivity index (χ0n) is 16.3. The normalized spacial score (nSPS) is 14.1. The molecule has 0 amide bonds. The average molecular weight is 364 g/mol. The SMILES string of the molecule is Cc1nn(Cc2ccccc2)c(C)c1CNCc1nnc2n1CCCCC2. The number of aryl methyl sites for hydroxylation is 2. The van der Waals surface area contributed by atoms with Gasteiger partial charge in [0.15, 0.2) is 0 Å². The van der Waals surface area contributed by atoms with Gasteiger partial charge in [-0.1, -0.05) is 36.8 Å². The van der Waals surface area contributed by atoms with Crippen molar-refractivity contribution in [1.29, 1.82) is 0 Å². The largest absolute Gasteiger partial charge is 0.314 e. The van der Waals surface area contributed by atoms with E-state index in [0.29, 0.717) is 0 Å². The Hall–Kier alpha value is -2.47. The smallest absolute Gasteiger partial charge is 0.147 e. The quantitative estimate of drug-likeness (QED) is 0.730. The van der Waals surface area contributed by atoms with Gasteiger partial charge in [0.2, 0.25) is 0 Å². The summed E-state index contributed by atoms with van der Waals surface area (Å²) < 4.78 is 4.41. The molecule has 1 N–H and O–H groups in total. The van der Waals surface area contributed by atoms with Crippen LogP contribution in [0.2, 0.25) is 0 Å². The number of hydrogen-bond donors (Lipinski definition) is 1. The Kier molecular flexibility index (Phi) is 5.34. The van der Waals surface area contributed by atoms with Gasteiger partial charge in [-0.3, -0.25) is 4.68 Å². The molecule has 0 fully saturated rings. The summed E-state index contributed by atoms with van der Waals surface area (Å²) in [5, 5.41) is 17.1. The number of nitrogens with zero attached hydrogens (tertiary/aromatic N) is 5. The van der Waals surface area contributed by atoms with Gasteiger partial charge >= 0.3 is 0 Å². The van der Waals surface area contributed by atoms with Gasteiger partial charge in [0.25, 0.3) is 0 Å². The van der Waals surface area contributed by atoms with Gasteiger partial charge in [-0.05, 0) is 32.3 Å². The highest BCUT2D eigenvalue weighted by Crippen LogP contribution is 2.16. The first-order chi connectivity index (χ1) is 13.2. The van der Waals surface area contributed by atoms with E-state index in [0.717, 1.165) is 49.9 Å². The van der Waals surface area contributed by atoms with Crippen molar-refractivity contribution in [1.82, 2.24) is 29.9 Å². The average Bonchev–Trinajstić information content (AvgIpc) is 3.06. The molecular weight excluding hydrogens is 336 g/mol. The third kappa shape index (κ3) is 3.95. The summed E-state index contributed by atoms with van der Waals surface area (Å²) in [6.07, 6.45) is 4.79. The maximum Gasteiger partial charge on any atom is 0.147 e. The molecule has 0 unspecified atom stereocenters. The first-order valence-corrected chi connectivity index (χ1v) is 9.91. The number of hydrogen-bond acceptors (Lipinski definition) is 4. The van der Waals surface area contributed by atoms with Crippen LogP contribution in [0.1, 0.15) is 53.4 Å². The molecule has 3 heterocycles. The molecule has 0 spiro atoms. The lowest BCUT2D eigenvalue weighted by molar-refractivity contribution is 0.571. The van der Waals surface area contributed by atoms with Crippen LogP contribution in [0.5, 0.6) is 0 Å². The summed E-state index contributed by atoms with van der Waals surface area (Å²) >= 11 is 0. The molecule has 0 atom stereocenters. The van der Waals surface area contributed by atoms with Crippen molar-refractivity contribution < 1.29 is 0 Å². The standard InChI is InChI=1S/C21H28N6/c1-16-19(17(2)27(25-16)15-18-9-5-3-6-10-18)13-22-14-21-24-23-20-11-7-4-8-12-26(20)21/h3,5-6,9-10,22H,4,7-8,11-15H2,1-2H3. The summed E-state index contributed by atoms with van der Waals surface area (Å²) in [5.41, 5.74) is 4.87. The van der Waals surface area contributed by atoms with Crippen molar-refractivity contribution in [2.45, 2.75) is 65.7 Å². The summed E-state index contributed by atoms with van der Waals surface area (Å²) in [4.78, 5) is 0. The van der Waals surface area contributed by atoms with E-state index in [-0.39, 0.29) is 0 Å². The van der Waals surface area contributed by atoms with Crippen LogP contribution in [0, 0.1) is 13.8 Å². The minimum Gasteiger partial charge on any atom is -0.314 e. The summed E-state index contributed by atoms with van der Waals surface area (Å²) in [5.74, 6) is 2.20. The van der Waals surface area contributed by atoms with Crippen LogP contribution >= 0.6 is 0 Å². The van der Waals surface area contributed by atoms with E-state index in [1.165, 1.54) is 36.1 Å². The first kappa shape index (κ1) is 17.9. The predicted molar refractivity (Wildman–Crippen MR) is 105 cm³/mol. The maximum atomic E-state index is 4.75. The van der Waals surface area contributed by atoms with Gasteiger partial charge in [-0.15, -0.1) is 10.2 Å². The molecular formula is C21H28N6. The Labute approximate surface area is 160 Å². The lowest BCUT2D eigenvalue weighted by Crippen LogP contribution is -2.18. The van der Waals surface area contributed by atoms with Gasteiger partial charge in [0.05, 0.1) is 18.8 Å². The third-order valence-electron chi connectivity index (χ3n) is 5.48. The van der Waals surface area contributed by atoms with Crippen LogP contribution in [0.3, 0.4) is 0 Å². The fourth-order valence-corrected chi connectivity index (χ4v) is 3.88. The highest BCUT2D eigenvalue weighted by atomic mass is 15.3. The molecule has 3 aromatic rings. The predicted octanol–water partition coefficient (Wildman–Crippen LogP) is 3.16. The van der Waals surface area contributed by atoms with Crippen LogP contribution < -0.4 is 5.32 Å². The molecule has 0 radical (unpaired) electrons. The van der Waals surface area contributed by atoms with Gasteiger partial charge in [0, 0.05) is 30.8 Å². The zero-order valence-corrected chi connectivity index (χ0v) is 16.3. The summed E-state index contributed by atoms with van der Waals surface area (Å²) in [6.45, 7) is 7.65. The topological polar surface area (TPSA) is 60.6 Å². The number of aromatic nitrogens is 5. The van der Waals surface area contributed by atoms with Crippen molar-refractivity contribution in [2.75, 3.05) is 0 Å². The molecule has 0 aliphatic carbocycles. The first-order valence-electron chi connectivity index (χ1n) is 9.91. The molecule has 6 nitrogen and oxygen atoms in total. The monoisotopic (exact) mass is 364 g/mol. The molecule has 27 heavy (non-hydrogen) atoms. The molecule has 142 valence electrons. The Morgan fingerprint density at radius 1 is 1.00 bits per heavy atom. The van der Waals surface area contributed by atoms with Crippen molar-refractivity contribution in [3.05, 3.63) is 64.5 Å². The molecule has 1 aliphatic heterocycles. The van der Waals surface area contributed by atoms with E-state index in [1.54, 1.807) is 0 Å². The Bertz CT molecular complexity index is 893. The number of rotatable bonds is 6. The fraction of sp³-hybridized carbons (Fsp3) is 0.476. The van der Waals surface area contributed by atoms with Crippen LogP contribution in [-0.2, 0) is 32.6 Å². The Morgan fingerprint density at radius 2 is 1.85 bits per heavy atom. The highest BCUT2D eigenvalue weighted by Gasteiger charge is 2.15. The second-order valence-electron chi connectivity index (χ2n) is 7.39. The van der Waals surface area contributed by atoms with E-state index in [9.17, 15) is 0 Å². The number of fused-ring (bicyclic) bond motifs is 1. The lowest BCUT2D eigenvalue weighted by atomic mass is 10.2. The minimum atomic E-state index is 0.746. The van der Waals surface area contributed by atoms with Crippen molar-refractivity contribution in [3.8, 4) is 0 Å². The molecule has 0 saturated carbocycles. The lowest BCUT2D eigenvalue weighted by Gasteiger charge is -2.09. The van der Waals surface area contributed by atoms with Crippen molar-refractivity contribution in [3.63, 3.8) is 0 Å². The van der Waals surface area contributed by atoms with Crippen LogP contribution in [0.25, 0.3) is 0 Å². The van der Waals surface area contributed by atoms with Gasteiger partial charge < -0.3 is 9.88 Å². The second-order valence-corrected chi connectivity index (χ2v) is 7.39. The number of benzene rings is 1. The second kappa shape index (κ2) is 8.05. The molecule has 2 aromatic heterocycles. The van der Waals surface area contributed by atoms with E-state index >= 15 is 0 Å². The van der Waals surface area contributed by atoms with Crippen LogP contribution in [0.15, 0.2) is 30.3 Å². The van der Waals surface area contributed by atoms with Gasteiger partial charge in [0.1, 0.15) is 11.6 Å². The Morgan fingerprint density at radius 3 is 2.70 bits per heavy atom. The van der Waals surface area contributed by atoms with Gasteiger partial charge in [-0.25, -0.2) is 0 Å². The molecule has 6 heteroatoms. The van der Waals surface area contributed by atoms with Crippen LogP contribution in [-0.4, -0.2) is 24.5 Å². The summed E-state index contributed by atoms with van der Waals surface area (Å²) in [7, 11) is 0. The van der Waals surface area contributed by atoms with Gasteiger partial charge in [-0.2, -0.15) is 5.10 Å². The minimum absolute atomic E-state index is 0.746. The molecule has 1 aromatic carbocycles.